The van der Waals surface area contributed by atoms with Crippen LogP contribution in [0.1, 0.15) is 0 Å². The zero-order chi connectivity index (χ0) is 11.9. The number of hydrogen-bond acceptors (Lipinski definition) is 7. The molecule has 6 N–H and O–H groups in total. The Morgan fingerprint density at radius 3 is 1.27 bits per heavy atom. The topological polar surface area (TPSA) is 131 Å². The van der Waals surface area contributed by atoms with Gasteiger partial charge in [-0.3, -0.25) is 0 Å². The van der Waals surface area contributed by atoms with Gasteiger partial charge in [0.15, 0.2) is 0 Å². The maximum atomic E-state index is 9.11. The molecule has 0 heterocycles. The third-order valence-electron chi connectivity index (χ3n) is 2.73. The van der Waals surface area contributed by atoms with E-state index in [-0.39, 0.29) is 0 Å². The Hall–Kier alpha value is -0.280. The lowest BCUT2D eigenvalue weighted by Crippen LogP contribution is -2.61. The summed E-state index contributed by atoms with van der Waals surface area (Å²) in [5.41, 5.74) is -3.42. The first-order chi connectivity index (χ1) is 7.11. The lowest BCUT2D eigenvalue weighted by molar-refractivity contribution is -0.243. The van der Waals surface area contributed by atoms with Crippen LogP contribution in [0.2, 0.25) is 0 Å². The second-order valence-corrected chi connectivity index (χ2v) is 3.34. The SMILES string of the molecule is OCOC(CO)(CO)C(CO)(CO)CO. The van der Waals surface area contributed by atoms with Crippen molar-refractivity contribution in [1.82, 2.24) is 0 Å². The molecule has 0 fully saturated rings. The zero-order valence-corrected chi connectivity index (χ0v) is 8.33. The van der Waals surface area contributed by atoms with Crippen LogP contribution in [0.25, 0.3) is 0 Å². The molecule has 0 atom stereocenters. The number of rotatable bonds is 8. The van der Waals surface area contributed by atoms with Crippen molar-refractivity contribution in [2.24, 2.45) is 5.41 Å². The van der Waals surface area contributed by atoms with Gasteiger partial charge in [-0.25, -0.2) is 0 Å². The van der Waals surface area contributed by atoms with E-state index >= 15 is 0 Å². The van der Waals surface area contributed by atoms with Crippen molar-refractivity contribution < 1.29 is 35.4 Å². The maximum absolute atomic E-state index is 9.11. The summed E-state index contributed by atoms with van der Waals surface area (Å²) < 4.78 is 4.74. The molecular formula is C8H18O7. The highest BCUT2D eigenvalue weighted by Gasteiger charge is 2.51. The van der Waals surface area contributed by atoms with Gasteiger partial charge in [0.2, 0.25) is 0 Å². The molecule has 15 heavy (non-hydrogen) atoms. The normalized spacial score (nSPS) is 13.2. The van der Waals surface area contributed by atoms with Gasteiger partial charge >= 0.3 is 0 Å². The number of ether oxygens (including phenoxy) is 1. The maximum Gasteiger partial charge on any atom is 0.144 e. The van der Waals surface area contributed by atoms with Gasteiger partial charge in [0.25, 0.3) is 0 Å². The predicted octanol–water partition coefficient (Wildman–Crippen LogP) is -3.36. The van der Waals surface area contributed by atoms with Gasteiger partial charge in [0.05, 0.1) is 38.4 Å². The van der Waals surface area contributed by atoms with Gasteiger partial charge in [0.1, 0.15) is 12.4 Å². The molecule has 0 radical (unpaired) electrons. The Labute approximate surface area is 87.2 Å². The molecule has 0 aromatic rings. The first-order valence-electron chi connectivity index (χ1n) is 4.41. The summed E-state index contributed by atoms with van der Waals surface area (Å²) in [6.07, 6.45) is 0. The Morgan fingerprint density at radius 1 is 0.667 bits per heavy atom. The van der Waals surface area contributed by atoms with Crippen molar-refractivity contribution in [1.29, 1.82) is 0 Å². The molecule has 0 spiro atoms. The average molecular weight is 226 g/mol. The fourth-order valence-corrected chi connectivity index (χ4v) is 1.34. The second-order valence-electron chi connectivity index (χ2n) is 3.34. The molecule has 92 valence electrons. The van der Waals surface area contributed by atoms with Crippen LogP contribution in [0.3, 0.4) is 0 Å². The second kappa shape index (κ2) is 6.33. The Balaban J connectivity index is 5.13. The number of hydrogen-bond donors (Lipinski definition) is 6. The fraction of sp³-hybridized carbons (Fsp3) is 1.00. The first kappa shape index (κ1) is 14.7. The summed E-state index contributed by atoms with van der Waals surface area (Å²) in [4.78, 5) is 0. The Bertz CT molecular complexity index is 156. The minimum Gasteiger partial charge on any atom is -0.395 e. The first-order valence-corrected chi connectivity index (χ1v) is 4.41. The average Bonchev–Trinajstić information content (AvgIpc) is 2.30. The Kier molecular flexibility index (Phi) is 6.22. The summed E-state index contributed by atoms with van der Waals surface area (Å²) in [5, 5.41) is 54.1. The van der Waals surface area contributed by atoms with Gasteiger partial charge in [-0.05, 0) is 0 Å². The molecule has 0 bridgehead atoms. The standard InChI is InChI=1S/C8H18O7/c9-1-7(2-10,3-11)8(4-12,5-13)15-6-14/h9-14H,1-6H2. The molecule has 0 unspecified atom stereocenters. The largest absolute Gasteiger partial charge is 0.395 e. The number of aliphatic hydroxyl groups excluding tert-OH is 6. The zero-order valence-electron chi connectivity index (χ0n) is 8.33. The van der Waals surface area contributed by atoms with E-state index in [2.05, 4.69) is 0 Å². The fourth-order valence-electron chi connectivity index (χ4n) is 1.34. The molecule has 0 aliphatic rings. The summed E-state index contributed by atoms with van der Waals surface area (Å²) in [6.45, 7) is -4.45. The molecule has 0 aliphatic carbocycles. The van der Waals surface area contributed by atoms with Gasteiger partial charge in [-0.1, -0.05) is 0 Å². The van der Waals surface area contributed by atoms with Crippen LogP contribution < -0.4 is 0 Å². The van der Waals surface area contributed by atoms with E-state index in [9.17, 15) is 0 Å². The highest BCUT2D eigenvalue weighted by Crippen LogP contribution is 2.33. The smallest absolute Gasteiger partial charge is 0.144 e. The van der Waals surface area contributed by atoms with Crippen molar-refractivity contribution in [3.63, 3.8) is 0 Å². The molecule has 0 aliphatic heterocycles. The van der Waals surface area contributed by atoms with Gasteiger partial charge in [-0.2, -0.15) is 0 Å². The minimum atomic E-state index is -1.79. The molecule has 7 nitrogen and oxygen atoms in total. The van der Waals surface area contributed by atoms with Crippen molar-refractivity contribution in [2.75, 3.05) is 39.8 Å². The van der Waals surface area contributed by atoms with E-state index in [1.807, 2.05) is 0 Å². The summed E-state index contributed by atoms with van der Waals surface area (Å²) in [7, 11) is 0. The third-order valence-corrected chi connectivity index (χ3v) is 2.73. The van der Waals surface area contributed by atoms with Crippen molar-refractivity contribution >= 4 is 0 Å². The van der Waals surface area contributed by atoms with Crippen molar-refractivity contribution in [2.45, 2.75) is 5.60 Å². The van der Waals surface area contributed by atoms with E-state index in [1.165, 1.54) is 0 Å². The van der Waals surface area contributed by atoms with E-state index < -0.39 is 50.8 Å². The molecule has 0 saturated carbocycles. The van der Waals surface area contributed by atoms with Gasteiger partial charge in [0, 0.05) is 0 Å². The lowest BCUT2D eigenvalue weighted by atomic mass is 9.73. The van der Waals surface area contributed by atoms with Gasteiger partial charge in [-0.15, -0.1) is 0 Å². The monoisotopic (exact) mass is 226 g/mol. The van der Waals surface area contributed by atoms with Crippen LogP contribution in [0.15, 0.2) is 0 Å². The van der Waals surface area contributed by atoms with E-state index in [0.29, 0.717) is 0 Å². The quantitative estimate of drug-likeness (QED) is 0.238. The van der Waals surface area contributed by atoms with Crippen molar-refractivity contribution in [3.05, 3.63) is 0 Å². The molecule has 0 aromatic heterocycles. The van der Waals surface area contributed by atoms with Gasteiger partial charge < -0.3 is 35.4 Å². The van der Waals surface area contributed by atoms with E-state index in [0.717, 1.165) is 0 Å². The highest BCUT2D eigenvalue weighted by atomic mass is 16.6. The third kappa shape index (κ3) is 2.45. The van der Waals surface area contributed by atoms with E-state index in [1.54, 1.807) is 0 Å². The van der Waals surface area contributed by atoms with Crippen LogP contribution in [-0.4, -0.2) is 76.1 Å². The molecule has 0 amide bonds. The summed E-state index contributed by atoms with van der Waals surface area (Å²) >= 11 is 0. The van der Waals surface area contributed by atoms with Crippen molar-refractivity contribution in [3.8, 4) is 0 Å². The van der Waals surface area contributed by atoms with Crippen LogP contribution in [-0.2, 0) is 4.74 Å². The predicted molar refractivity (Wildman–Crippen MR) is 48.8 cm³/mol. The molecule has 7 heteroatoms. The van der Waals surface area contributed by atoms with Crippen LogP contribution in [0, 0.1) is 5.41 Å². The van der Waals surface area contributed by atoms with Crippen LogP contribution >= 0.6 is 0 Å². The molecule has 0 saturated heterocycles. The highest BCUT2D eigenvalue weighted by molar-refractivity contribution is 4.99. The molecule has 0 rings (SSSR count). The summed E-state index contributed by atoms with van der Waals surface area (Å²) in [5.74, 6) is 0. The van der Waals surface area contributed by atoms with Crippen LogP contribution in [0.4, 0.5) is 0 Å². The minimum absolute atomic E-state index is 0.707. The van der Waals surface area contributed by atoms with E-state index in [4.69, 9.17) is 35.4 Å². The summed E-state index contributed by atoms with van der Waals surface area (Å²) in [6, 6.07) is 0. The number of aliphatic hydroxyl groups is 6. The Morgan fingerprint density at radius 2 is 1.07 bits per heavy atom. The van der Waals surface area contributed by atoms with Crippen LogP contribution in [0.5, 0.6) is 0 Å². The lowest BCUT2D eigenvalue weighted by Gasteiger charge is -2.44. The molecule has 0 aromatic carbocycles. The molecular weight excluding hydrogens is 208 g/mol.